The summed E-state index contributed by atoms with van der Waals surface area (Å²) in [6.45, 7) is 9.25. The molecule has 1 aromatic carbocycles. The van der Waals surface area contributed by atoms with Crippen LogP contribution in [0, 0.1) is 13.8 Å². The Balaban J connectivity index is 1.66. The topological polar surface area (TPSA) is 25.4 Å². The van der Waals surface area contributed by atoms with Crippen molar-refractivity contribution < 1.29 is 4.74 Å². The number of rotatable bonds is 4. The molecule has 0 bridgehead atoms. The van der Waals surface area contributed by atoms with E-state index in [1.54, 1.807) is 0 Å². The molecule has 2 aromatic rings. The average molecular weight is 302 g/mol. The van der Waals surface area contributed by atoms with Crippen molar-refractivity contribution >= 4 is 22.7 Å². The Morgan fingerprint density at radius 2 is 2.00 bits per heavy atom. The maximum atomic E-state index is 5.38. The third-order valence-electron chi connectivity index (χ3n) is 3.87. The first kappa shape index (κ1) is 14.8. The summed E-state index contributed by atoms with van der Waals surface area (Å²) in [6.07, 6.45) is 0. The van der Waals surface area contributed by atoms with Crippen molar-refractivity contribution in [3.05, 3.63) is 35.4 Å². The summed E-state index contributed by atoms with van der Waals surface area (Å²) in [6, 6.07) is 8.72. The lowest BCUT2D eigenvalue weighted by Crippen LogP contribution is -2.37. The fourth-order valence-electron chi connectivity index (χ4n) is 2.61. The van der Waals surface area contributed by atoms with Crippen LogP contribution in [0.5, 0.6) is 0 Å². The summed E-state index contributed by atoms with van der Waals surface area (Å²) in [5.74, 6) is 1.09. The lowest BCUT2D eigenvalue weighted by atomic mass is 10.1. The Bertz CT molecular complexity index is 623. The highest BCUT2D eigenvalue weighted by atomic mass is 32.2. The Hall–Kier alpha value is -1.10. The van der Waals surface area contributed by atoms with Crippen LogP contribution >= 0.6 is 11.8 Å². The molecule has 0 spiro atoms. The molecular formula is C17H22N2OS. The Labute approximate surface area is 130 Å². The summed E-state index contributed by atoms with van der Waals surface area (Å²) < 4.78 is 5.38. The number of fused-ring (bicyclic) bond motifs is 1. The third-order valence-corrected chi connectivity index (χ3v) is 4.94. The average Bonchev–Trinajstić information content (AvgIpc) is 2.49. The van der Waals surface area contributed by atoms with Gasteiger partial charge in [0.15, 0.2) is 0 Å². The maximum absolute atomic E-state index is 5.38. The zero-order valence-electron chi connectivity index (χ0n) is 12.8. The van der Waals surface area contributed by atoms with Crippen molar-refractivity contribution in [3.63, 3.8) is 0 Å². The Morgan fingerprint density at radius 1 is 1.19 bits per heavy atom. The van der Waals surface area contributed by atoms with Crippen LogP contribution in [0.3, 0.4) is 0 Å². The van der Waals surface area contributed by atoms with E-state index in [9.17, 15) is 0 Å². The standard InChI is InChI=1S/C17H22N2OS/c1-13-3-4-15-12-14(2)17(18-16(15)11-13)21-10-7-19-5-8-20-9-6-19/h3-4,11-12H,5-10H2,1-2H3. The van der Waals surface area contributed by atoms with Gasteiger partial charge in [0, 0.05) is 30.8 Å². The molecule has 0 amide bonds. The van der Waals surface area contributed by atoms with Crippen molar-refractivity contribution in [2.45, 2.75) is 18.9 Å². The van der Waals surface area contributed by atoms with Crippen LogP contribution in [-0.4, -0.2) is 48.5 Å². The molecule has 112 valence electrons. The van der Waals surface area contributed by atoms with E-state index in [1.165, 1.54) is 21.5 Å². The van der Waals surface area contributed by atoms with Gasteiger partial charge in [0.25, 0.3) is 0 Å². The molecule has 3 nitrogen and oxygen atoms in total. The molecular weight excluding hydrogens is 280 g/mol. The molecule has 0 aliphatic carbocycles. The van der Waals surface area contributed by atoms with Crippen LogP contribution < -0.4 is 0 Å². The minimum absolute atomic E-state index is 0.872. The van der Waals surface area contributed by atoms with Crippen LogP contribution in [0.15, 0.2) is 29.3 Å². The molecule has 0 N–H and O–H groups in total. The smallest absolute Gasteiger partial charge is 0.0997 e. The maximum Gasteiger partial charge on any atom is 0.0997 e. The van der Waals surface area contributed by atoms with Crippen LogP contribution in [0.25, 0.3) is 10.9 Å². The summed E-state index contributed by atoms with van der Waals surface area (Å²) in [5, 5.41) is 2.40. The second-order valence-electron chi connectivity index (χ2n) is 5.61. The van der Waals surface area contributed by atoms with E-state index in [0.717, 1.165) is 44.1 Å². The fourth-order valence-corrected chi connectivity index (χ4v) is 3.60. The first-order valence-corrected chi connectivity index (χ1v) is 8.52. The minimum Gasteiger partial charge on any atom is -0.379 e. The molecule has 4 heteroatoms. The van der Waals surface area contributed by atoms with E-state index < -0.39 is 0 Å². The Morgan fingerprint density at radius 3 is 2.81 bits per heavy atom. The molecule has 0 unspecified atom stereocenters. The van der Waals surface area contributed by atoms with Gasteiger partial charge < -0.3 is 4.74 Å². The highest BCUT2D eigenvalue weighted by Crippen LogP contribution is 2.25. The van der Waals surface area contributed by atoms with Crippen LogP contribution in [0.2, 0.25) is 0 Å². The minimum atomic E-state index is 0.872. The largest absolute Gasteiger partial charge is 0.379 e. The predicted octanol–water partition coefficient (Wildman–Crippen LogP) is 3.28. The van der Waals surface area contributed by atoms with E-state index >= 15 is 0 Å². The van der Waals surface area contributed by atoms with Gasteiger partial charge in [0.05, 0.1) is 23.8 Å². The molecule has 0 saturated carbocycles. The molecule has 21 heavy (non-hydrogen) atoms. The number of thioether (sulfide) groups is 1. The van der Waals surface area contributed by atoms with Crippen molar-refractivity contribution in [1.29, 1.82) is 0 Å². The molecule has 2 heterocycles. The molecule has 1 aliphatic heterocycles. The molecule has 1 fully saturated rings. The quantitative estimate of drug-likeness (QED) is 0.809. The number of ether oxygens (including phenoxy) is 1. The van der Waals surface area contributed by atoms with E-state index in [0.29, 0.717) is 0 Å². The first-order chi connectivity index (χ1) is 10.2. The van der Waals surface area contributed by atoms with Gasteiger partial charge in [-0.25, -0.2) is 4.98 Å². The molecule has 1 aliphatic rings. The van der Waals surface area contributed by atoms with Crippen molar-refractivity contribution in [3.8, 4) is 0 Å². The summed E-state index contributed by atoms with van der Waals surface area (Å²) >= 11 is 1.87. The second kappa shape index (κ2) is 6.77. The van der Waals surface area contributed by atoms with Gasteiger partial charge in [0.1, 0.15) is 0 Å². The molecule has 1 aromatic heterocycles. The number of benzene rings is 1. The highest BCUT2D eigenvalue weighted by molar-refractivity contribution is 7.99. The number of aryl methyl sites for hydroxylation is 2. The molecule has 1 saturated heterocycles. The number of pyridine rings is 1. The van der Waals surface area contributed by atoms with E-state index in [4.69, 9.17) is 9.72 Å². The SMILES string of the molecule is Cc1ccc2cc(C)c(SCCN3CCOCC3)nc2c1. The molecule has 3 rings (SSSR count). The summed E-state index contributed by atoms with van der Waals surface area (Å²) in [4.78, 5) is 7.31. The van der Waals surface area contributed by atoms with Crippen LogP contribution in [0.1, 0.15) is 11.1 Å². The van der Waals surface area contributed by atoms with Gasteiger partial charge in [0.2, 0.25) is 0 Å². The van der Waals surface area contributed by atoms with Crippen LogP contribution in [-0.2, 0) is 4.74 Å². The summed E-state index contributed by atoms with van der Waals surface area (Å²) in [5.41, 5.74) is 3.65. The van der Waals surface area contributed by atoms with Crippen LogP contribution in [0.4, 0.5) is 0 Å². The Kier molecular flexibility index (Phi) is 4.78. The van der Waals surface area contributed by atoms with Crippen molar-refractivity contribution in [2.75, 3.05) is 38.6 Å². The fraction of sp³-hybridized carbons (Fsp3) is 0.471. The number of nitrogens with zero attached hydrogens (tertiary/aromatic N) is 2. The summed E-state index contributed by atoms with van der Waals surface area (Å²) in [7, 11) is 0. The normalized spacial score (nSPS) is 16.5. The van der Waals surface area contributed by atoms with E-state index in [2.05, 4.69) is 43.0 Å². The lowest BCUT2D eigenvalue weighted by Gasteiger charge is -2.26. The van der Waals surface area contributed by atoms with E-state index in [1.807, 2.05) is 11.8 Å². The van der Waals surface area contributed by atoms with Gasteiger partial charge in [-0.2, -0.15) is 0 Å². The molecule has 0 radical (unpaired) electrons. The number of hydrogen-bond donors (Lipinski definition) is 0. The van der Waals surface area contributed by atoms with E-state index in [-0.39, 0.29) is 0 Å². The predicted molar refractivity (Wildman–Crippen MR) is 89.2 cm³/mol. The number of morpholine rings is 1. The van der Waals surface area contributed by atoms with Gasteiger partial charge in [-0.1, -0.05) is 12.1 Å². The monoisotopic (exact) mass is 302 g/mol. The zero-order chi connectivity index (χ0) is 14.7. The highest BCUT2D eigenvalue weighted by Gasteiger charge is 2.11. The molecule has 0 atom stereocenters. The lowest BCUT2D eigenvalue weighted by molar-refractivity contribution is 0.0410. The van der Waals surface area contributed by atoms with Gasteiger partial charge in [-0.3, -0.25) is 4.90 Å². The third kappa shape index (κ3) is 3.76. The van der Waals surface area contributed by atoms with Crippen molar-refractivity contribution in [1.82, 2.24) is 9.88 Å². The number of hydrogen-bond acceptors (Lipinski definition) is 4. The zero-order valence-corrected chi connectivity index (χ0v) is 13.6. The second-order valence-corrected chi connectivity index (χ2v) is 6.69. The van der Waals surface area contributed by atoms with Crippen molar-refractivity contribution in [2.24, 2.45) is 0 Å². The number of aromatic nitrogens is 1. The van der Waals surface area contributed by atoms with Gasteiger partial charge in [-0.15, -0.1) is 11.8 Å². The van der Waals surface area contributed by atoms with Gasteiger partial charge in [-0.05, 0) is 37.1 Å². The first-order valence-electron chi connectivity index (χ1n) is 7.53. The van der Waals surface area contributed by atoms with Gasteiger partial charge >= 0.3 is 0 Å².